The topological polar surface area (TPSA) is 29.1 Å². The van der Waals surface area contributed by atoms with Crippen LogP contribution in [0.5, 0.6) is 0 Å². The number of amides is 1. The Bertz CT molecular complexity index is 1030. The molecular weight excluding hydrogens is 396 g/mol. The van der Waals surface area contributed by atoms with E-state index in [2.05, 4.69) is 5.32 Å². The maximum Gasteiger partial charge on any atom is 0.416 e. The number of halogens is 6. The second kappa shape index (κ2) is 7.62. The van der Waals surface area contributed by atoms with Gasteiger partial charge in [-0.1, -0.05) is 42.5 Å². The van der Waals surface area contributed by atoms with Crippen LogP contribution in [0.4, 0.5) is 32.0 Å². The van der Waals surface area contributed by atoms with E-state index in [1.165, 1.54) is 18.2 Å². The molecule has 0 aliphatic carbocycles. The fraction of sp³-hybridized carbons (Fsp3) is 0.0952. The SMILES string of the molecule is O=C(Nc1ccc(C(F)(F)c2ccccc2C(F)(F)F)cc1)c1ccccc1F. The number of hydrogen-bond acceptors (Lipinski definition) is 1. The smallest absolute Gasteiger partial charge is 0.322 e. The van der Waals surface area contributed by atoms with Gasteiger partial charge in [0.05, 0.1) is 11.1 Å². The average molecular weight is 409 g/mol. The van der Waals surface area contributed by atoms with Gasteiger partial charge in [-0.05, 0) is 30.3 Å². The van der Waals surface area contributed by atoms with Gasteiger partial charge in [-0.25, -0.2) is 4.39 Å². The zero-order valence-electron chi connectivity index (χ0n) is 14.6. The number of nitrogens with one attached hydrogen (secondary N) is 1. The first-order valence-electron chi connectivity index (χ1n) is 8.31. The second-order valence-electron chi connectivity index (χ2n) is 6.13. The first-order chi connectivity index (χ1) is 13.6. The summed E-state index contributed by atoms with van der Waals surface area (Å²) in [5.74, 6) is -5.46. The third-order valence-electron chi connectivity index (χ3n) is 4.19. The van der Waals surface area contributed by atoms with E-state index in [1.807, 2.05) is 0 Å². The quantitative estimate of drug-likeness (QED) is 0.508. The summed E-state index contributed by atoms with van der Waals surface area (Å²) in [6.45, 7) is 0. The summed E-state index contributed by atoms with van der Waals surface area (Å²) in [5, 5.41) is 2.35. The van der Waals surface area contributed by atoms with Gasteiger partial charge in [0.1, 0.15) is 5.82 Å². The standard InChI is InChI=1S/C21H13F6NO/c22-18-8-4-1-5-15(18)19(29)28-14-11-9-13(10-12-14)20(23,24)16-6-2-3-7-17(16)21(25,26)27/h1-12H,(H,28,29). The molecule has 0 aromatic heterocycles. The van der Waals surface area contributed by atoms with Crippen LogP contribution in [0.15, 0.2) is 72.8 Å². The van der Waals surface area contributed by atoms with Gasteiger partial charge in [-0.15, -0.1) is 0 Å². The van der Waals surface area contributed by atoms with Gasteiger partial charge < -0.3 is 5.32 Å². The van der Waals surface area contributed by atoms with Gasteiger partial charge in [0, 0.05) is 16.8 Å². The summed E-state index contributed by atoms with van der Waals surface area (Å²) < 4.78 is 82.4. The lowest BCUT2D eigenvalue weighted by atomic mass is 9.95. The van der Waals surface area contributed by atoms with Crippen LogP contribution in [0.25, 0.3) is 0 Å². The van der Waals surface area contributed by atoms with E-state index < -0.39 is 40.5 Å². The van der Waals surface area contributed by atoms with E-state index in [9.17, 15) is 31.1 Å². The molecule has 0 atom stereocenters. The van der Waals surface area contributed by atoms with Crippen LogP contribution in [-0.2, 0) is 12.1 Å². The van der Waals surface area contributed by atoms with Crippen molar-refractivity contribution in [2.24, 2.45) is 0 Å². The number of carbonyl (C=O) groups excluding carboxylic acids is 1. The lowest BCUT2D eigenvalue weighted by Gasteiger charge is -2.22. The number of rotatable bonds is 4. The molecule has 0 radical (unpaired) electrons. The summed E-state index contributed by atoms with van der Waals surface area (Å²) in [7, 11) is 0. The highest BCUT2D eigenvalue weighted by Crippen LogP contribution is 2.43. The van der Waals surface area contributed by atoms with Crippen molar-refractivity contribution in [1.29, 1.82) is 0 Å². The van der Waals surface area contributed by atoms with Gasteiger partial charge in [-0.2, -0.15) is 22.0 Å². The Morgan fingerprint density at radius 1 is 0.724 bits per heavy atom. The molecule has 0 aliphatic heterocycles. The Morgan fingerprint density at radius 2 is 1.28 bits per heavy atom. The third-order valence-corrected chi connectivity index (χ3v) is 4.19. The molecule has 8 heteroatoms. The van der Waals surface area contributed by atoms with Crippen molar-refractivity contribution in [1.82, 2.24) is 0 Å². The van der Waals surface area contributed by atoms with E-state index in [1.54, 1.807) is 0 Å². The van der Waals surface area contributed by atoms with Crippen LogP contribution in [0.1, 0.15) is 27.0 Å². The Kier molecular flexibility index (Phi) is 5.37. The molecule has 1 N–H and O–H groups in total. The lowest BCUT2D eigenvalue weighted by molar-refractivity contribution is -0.140. The molecule has 3 aromatic carbocycles. The minimum atomic E-state index is -4.94. The monoisotopic (exact) mass is 409 g/mol. The average Bonchev–Trinajstić information content (AvgIpc) is 2.68. The first kappa shape index (κ1) is 20.4. The van der Waals surface area contributed by atoms with Gasteiger partial charge in [0.25, 0.3) is 11.8 Å². The van der Waals surface area contributed by atoms with Gasteiger partial charge in [0.15, 0.2) is 0 Å². The number of benzene rings is 3. The Balaban J connectivity index is 1.87. The summed E-state index contributed by atoms with van der Waals surface area (Å²) >= 11 is 0. The maximum atomic E-state index is 14.8. The molecule has 1 amide bonds. The van der Waals surface area contributed by atoms with Crippen LogP contribution < -0.4 is 5.32 Å². The van der Waals surface area contributed by atoms with Gasteiger partial charge >= 0.3 is 6.18 Å². The van der Waals surface area contributed by atoms with E-state index >= 15 is 0 Å². The predicted octanol–water partition coefficient (Wildman–Crippen LogP) is 6.24. The molecule has 0 spiro atoms. The fourth-order valence-electron chi connectivity index (χ4n) is 2.77. The van der Waals surface area contributed by atoms with Crippen LogP contribution in [0, 0.1) is 5.82 Å². The van der Waals surface area contributed by atoms with Crippen LogP contribution in [0.3, 0.4) is 0 Å². The van der Waals surface area contributed by atoms with Crippen LogP contribution in [0.2, 0.25) is 0 Å². The highest BCUT2D eigenvalue weighted by molar-refractivity contribution is 6.04. The first-order valence-corrected chi connectivity index (χ1v) is 8.31. The van der Waals surface area contributed by atoms with Crippen molar-refractivity contribution in [3.05, 3.63) is 101 Å². The Morgan fingerprint density at radius 3 is 1.86 bits per heavy atom. The molecule has 150 valence electrons. The number of alkyl halides is 5. The molecule has 29 heavy (non-hydrogen) atoms. The summed E-state index contributed by atoms with van der Waals surface area (Å²) in [6, 6.07) is 12.7. The molecule has 0 saturated heterocycles. The van der Waals surface area contributed by atoms with E-state index in [-0.39, 0.29) is 11.3 Å². The van der Waals surface area contributed by atoms with Crippen molar-refractivity contribution < 1.29 is 31.1 Å². The fourth-order valence-corrected chi connectivity index (χ4v) is 2.77. The van der Waals surface area contributed by atoms with E-state index in [4.69, 9.17) is 0 Å². The van der Waals surface area contributed by atoms with Gasteiger partial charge in [0.2, 0.25) is 0 Å². The molecule has 2 nitrogen and oxygen atoms in total. The number of carbonyl (C=O) groups is 1. The minimum Gasteiger partial charge on any atom is -0.322 e. The van der Waals surface area contributed by atoms with E-state index in [0.29, 0.717) is 6.07 Å². The molecule has 0 bridgehead atoms. The van der Waals surface area contributed by atoms with Crippen molar-refractivity contribution >= 4 is 11.6 Å². The molecule has 0 aliphatic rings. The minimum absolute atomic E-state index is 0.0851. The van der Waals surface area contributed by atoms with Crippen molar-refractivity contribution in [3.63, 3.8) is 0 Å². The highest BCUT2D eigenvalue weighted by atomic mass is 19.4. The molecule has 0 fully saturated rings. The van der Waals surface area contributed by atoms with Crippen molar-refractivity contribution in [2.45, 2.75) is 12.1 Å². The molecular formula is C21H13F6NO. The largest absolute Gasteiger partial charge is 0.416 e. The maximum absolute atomic E-state index is 14.8. The number of anilines is 1. The summed E-state index contributed by atoms with van der Waals surface area (Å²) in [6.07, 6.45) is -4.94. The zero-order valence-corrected chi connectivity index (χ0v) is 14.6. The second-order valence-corrected chi connectivity index (χ2v) is 6.13. The van der Waals surface area contributed by atoms with Crippen molar-refractivity contribution in [3.8, 4) is 0 Å². The van der Waals surface area contributed by atoms with Crippen molar-refractivity contribution in [2.75, 3.05) is 5.32 Å². The molecule has 0 unspecified atom stereocenters. The molecule has 0 heterocycles. The van der Waals surface area contributed by atoms with Crippen LogP contribution in [-0.4, -0.2) is 5.91 Å². The normalized spacial score (nSPS) is 11.9. The molecule has 3 aromatic rings. The lowest BCUT2D eigenvalue weighted by Crippen LogP contribution is -2.21. The summed E-state index contributed by atoms with van der Waals surface area (Å²) in [5.41, 5.74) is -3.43. The van der Waals surface area contributed by atoms with Gasteiger partial charge in [-0.3, -0.25) is 4.79 Å². The Hall–Kier alpha value is -3.29. The van der Waals surface area contributed by atoms with Crippen LogP contribution >= 0.6 is 0 Å². The Labute approximate surface area is 161 Å². The number of hydrogen-bond donors (Lipinski definition) is 1. The molecule has 3 rings (SSSR count). The third kappa shape index (κ3) is 4.26. The zero-order chi connectivity index (χ0) is 21.2. The summed E-state index contributed by atoms with van der Waals surface area (Å²) in [4.78, 5) is 12.1. The highest BCUT2D eigenvalue weighted by Gasteiger charge is 2.43. The van der Waals surface area contributed by atoms with E-state index in [0.717, 1.165) is 48.5 Å². The molecule has 0 saturated carbocycles. The predicted molar refractivity (Wildman–Crippen MR) is 95.2 cm³/mol.